The lowest BCUT2D eigenvalue weighted by Crippen LogP contribution is -2.15. The zero-order valence-electron chi connectivity index (χ0n) is 10.3. The van der Waals surface area contributed by atoms with Crippen LogP contribution in [0.1, 0.15) is 11.3 Å². The molecule has 0 bridgehead atoms. The number of hydrogen-bond donors (Lipinski definition) is 1. The van der Waals surface area contributed by atoms with Gasteiger partial charge in [-0.05, 0) is 36.8 Å². The molecule has 3 nitrogen and oxygen atoms in total. The standard InChI is InChI=1S/C14H12Cl2N2O/c1-9-3-2-4-13(17-9)18-14(19)8-10-5-6-11(15)12(16)7-10/h2-7H,8H2,1H3,(H,17,18,19). The number of nitrogens with zero attached hydrogens (tertiary/aromatic N) is 1. The molecular weight excluding hydrogens is 283 g/mol. The highest BCUT2D eigenvalue weighted by molar-refractivity contribution is 6.42. The van der Waals surface area contributed by atoms with Gasteiger partial charge in [0.25, 0.3) is 0 Å². The maximum atomic E-state index is 11.9. The second kappa shape index (κ2) is 6.04. The fourth-order valence-corrected chi connectivity index (χ4v) is 1.96. The van der Waals surface area contributed by atoms with Crippen LogP contribution in [-0.4, -0.2) is 10.9 Å². The van der Waals surface area contributed by atoms with Gasteiger partial charge in [0, 0.05) is 5.69 Å². The minimum Gasteiger partial charge on any atom is -0.310 e. The number of aromatic nitrogens is 1. The number of nitrogens with one attached hydrogen (secondary N) is 1. The predicted octanol–water partition coefficient (Wildman–Crippen LogP) is 3.88. The Balaban J connectivity index is 2.03. The summed E-state index contributed by atoms with van der Waals surface area (Å²) in [6, 6.07) is 10.6. The molecule has 1 N–H and O–H groups in total. The van der Waals surface area contributed by atoms with E-state index in [1.54, 1.807) is 24.3 Å². The molecule has 0 saturated carbocycles. The molecule has 0 fully saturated rings. The van der Waals surface area contributed by atoms with Gasteiger partial charge >= 0.3 is 0 Å². The van der Waals surface area contributed by atoms with Gasteiger partial charge in [0.15, 0.2) is 0 Å². The van der Waals surface area contributed by atoms with E-state index in [4.69, 9.17) is 23.2 Å². The van der Waals surface area contributed by atoms with Crippen LogP contribution in [0.2, 0.25) is 10.0 Å². The molecule has 0 radical (unpaired) electrons. The highest BCUT2D eigenvalue weighted by Crippen LogP contribution is 2.22. The van der Waals surface area contributed by atoms with E-state index in [-0.39, 0.29) is 12.3 Å². The first kappa shape index (κ1) is 13.8. The summed E-state index contributed by atoms with van der Waals surface area (Å²) in [5.74, 6) is 0.404. The van der Waals surface area contributed by atoms with Crippen molar-refractivity contribution in [2.45, 2.75) is 13.3 Å². The molecule has 0 aliphatic heterocycles. The number of anilines is 1. The Morgan fingerprint density at radius 3 is 2.68 bits per heavy atom. The van der Waals surface area contributed by atoms with E-state index in [9.17, 15) is 4.79 Å². The van der Waals surface area contributed by atoms with E-state index in [1.807, 2.05) is 19.1 Å². The van der Waals surface area contributed by atoms with Gasteiger partial charge in [-0.3, -0.25) is 4.79 Å². The normalized spacial score (nSPS) is 10.3. The van der Waals surface area contributed by atoms with Crippen molar-refractivity contribution in [1.82, 2.24) is 4.98 Å². The van der Waals surface area contributed by atoms with Crippen LogP contribution in [0, 0.1) is 6.92 Å². The lowest BCUT2D eigenvalue weighted by Gasteiger charge is -2.06. The van der Waals surface area contributed by atoms with E-state index in [0.717, 1.165) is 11.3 Å². The fraction of sp³-hybridized carbons (Fsp3) is 0.143. The monoisotopic (exact) mass is 294 g/mol. The first-order valence-electron chi connectivity index (χ1n) is 5.72. The van der Waals surface area contributed by atoms with Crippen LogP contribution in [0.5, 0.6) is 0 Å². The number of amides is 1. The SMILES string of the molecule is Cc1cccc(NC(=O)Cc2ccc(Cl)c(Cl)c2)n1. The Labute approximate surface area is 121 Å². The number of aryl methyl sites for hydroxylation is 1. The van der Waals surface area contributed by atoms with Gasteiger partial charge in [0.2, 0.25) is 5.91 Å². The lowest BCUT2D eigenvalue weighted by atomic mass is 10.1. The number of hydrogen-bond acceptors (Lipinski definition) is 2. The predicted molar refractivity (Wildman–Crippen MR) is 77.8 cm³/mol. The zero-order valence-corrected chi connectivity index (χ0v) is 11.8. The van der Waals surface area contributed by atoms with Crippen molar-refractivity contribution in [2.75, 3.05) is 5.32 Å². The number of pyridine rings is 1. The van der Waals surface area contributed by atoms with Crippen LogP contribution in [0.3, 0.4) is 0 Å². The van der Waals surface area contributed by atoms with Crippen LogP contribution in [-0.2, 0) is 11.2 Å². The van der Waals surface area contributed by atoms with Crippen LogP contribution >= 0.6 is 23.2 Å². The van der Waals surface area contributed by atoms with Gasteiger partial charge in [-0.25, -0.2) is 4.98 Å². The first-order chi connectivity index (χ1) is 9.04. The third kappa shape index (κ3) is 3.94. The Kier molecular flexibility index (Phi) is 4.40. The molecule has 1 aromatic carbocycles. The molecule has 2 aromatic rings. The summed E-state index contributed by atoms with van der Waals surface area (Å²) in [7, 11) is 0. The molecule has 0 spiro atoms. The quantitative estimate of drug-likeness (QED) is 0.933. The van der Waals surface area contributed by atoms with Gasteiger partial charge < -0.3 is 5.32 Å². The van der Waals surface area contributed by atoms with E-state index < -0.39 is 0 Å². The second-order valence-corrected chi connectivity index (χ2v) is 4.95. The molecule has 19 heavy (non-hydrogen) atoms. The Morgan fingerprint density at radius 2 is 2.00 bits per heavy atom. The first-order valence-corrected chi connectivity index (χ1v) is 6.47. The summed E-state index contributed by atoms with van der Waals surface area (Å²) in [6.07, 6.45) is 0.229. The van der Waals surface area contributed by atoms with Crippen molar-refractivity contribution in [3.8, 4) is 0 Å². The molecule has 0 saturated heterocycles. The van der Waals surface area contributed by atoms with Crippen molar-refractivity contribution in [3.63, 3.8) is 0 Å². The molecule has 0 aliphatic rings. The summed E-state index contributed by atoms with van der Waals surface area (Å²) in [5.41, 5.74) is 1.66. The van der Waals surface area contributed by atoms with Gasteiger partial charge in [-0.1, -0.05) is 35.3 Å². The molecule has 0 unspecified atom stereocenters. The number of rotatable bonds is 3. The maximum absolute atomic E-state index is 11.9. The molecule has 0 aliphatic carbocycles. The fourth-order valence-electron chi connectivity index (χ4n) is 1.63. The Bertz CT molecular complexity index is 614. The van der Waals surface area contributed by atoms with E-state index >= 15 is 0 Å². The van der Waals surface area contributed by atoms with Crippen molar-refractivity contribution in [1.29, 1.82) is 0 Å². The average molecular weight is 295 g/mol. The number of carbonyl (C=O) groups excluding carboxylic acids is 1. The summed E-state index contributed by atoms with van der Waals surface area (Å²) in [6.45, 7) is 1.87. The topological polar surface area (TPSA) is 42.0 Å². The van der Waals surface area contributed by atoms with E-state index in [0.29, 0.717) is 15.9 Å². The number of carbonyl (C=O) groups is 1. The minimum atomic E-state index is -0.142. The van der Waals surface area contributed by atoms with Gasteiger partial charge in [0.1, 0.15) is 5.82 Å². The summed E-state index contributed by atoms with van der Waals surface area (Å²) in [5, 5.41) is 3.66. The van der Waals surface area contributed by atoms with Crippen molar-refractivity contribution in [3.05, 3.63) is 57.7 Å². The zero-order chi connectivity index (χ0) is 13.8. The molecule has 5 heteroatoms. The third-order valence-electron chi connectivity index (χ3n) is 2.50. The summed E-state index contributed by atoms with van der Waals surface area (Å²) < 4.78 is 0. The molecule has 1 amide bonds. The Morgan fingerprint density at radius 1 is 1.21 bits per heavy atom. The average Bonchev–Trinajstić information content (AvgIpc) is 2.34. The minimum absolute atomic E-state index is 0.142. The van der Waals surface area contributed by atoms with Crippen molar-refractivity contribution >= 4 is 34.9 Å². The molecule has 1 heterocycles. The van der Waals surface area contributed by atoms with E-state index in [2.05, 4.69) is 10.3 Å². The molecule has 1 aromatic heterocycles. The van der Waals surface area contributed by atoms with Crippen LogP contribution < -0.4 is 5.32 Å². The molecule has 2 rings (SSSR count). The smallest absolute Gasteiger partial charge is 0.229 e. The highest BCUT2D eigenvalue weighted by Gasteiger charge is 2.07. The van der Waals surface area contributed by atoms with Crippen LogP contribution in [0.25, 0.3) is 0 Å². The Hall–Kier alpha value is -1.58. The summed E-state index contributed by atoms with van der Waals surface area (Å²) >= 11 is 11.7. The molecular formula is C14H12Cl2N2O. The van der Waals surface area contributed by atoms with Crippen molar-refractivity contribution < 1.29 is 4.79 Å². The van der Waals surface area contributed by atoms with Crippen LogP contribution in [0.4, 0.5) is 5.82 Å². The maximum Gasteiger partial charge on any atom is 0.229 e. The largest absolute Gasteiger partial charge is 0.310 e. The summed E-state index contributed by atoms with van der Waals surface area (Å²) in [4.78, 5) is 16.1. The number of benzene rings is 1. The number of halogens is 2. The van der Waals surface area contributed by atoms with E-state index in [1.165, 1.54) is 0 Å². The van der Waals surface area contributed by atoms with Crippen molar-refractivity contribution in [2.24, 2.45) is 0 Å². The molecule has 98 valence electrons. The highest BCUT2D eigenvalue weighted by atomic mass is 35.5. The molecule has 0 atom stereocenters. The van der Waals surface area contributed by atoms with Gasteiger partial charge in [0.05, 0.1) is 16.5 Å². The third-order valence-corrected chi connectivity index (χ3v) is 3.24. The van der Waals surface area contributed by atoms with Crippen LogP contribution in [0.15, 0.2) is 36.4 Å². The lowest BCUT2D eigenvalue weighted by molar-refractivity contribution is -0.115. The second-order valence-electron chi connectivity index (χ2n) is 4.14. The van der Waals surface area contributed by atoms with Gasteiger partial charge in [-0.15, -0.1) is 0 Å². The van der Waals surface area contributed by atoms with Gasteiger partial charge in [-0.2, -0.15) is 0 Å².